The summed E-state index contributed by atoms with van der Waals surface area (Å²) >= 11 is 0. The third-order valence-electron chi connectivity index (χ3n) is 2.60. The highest BCUT2D eigenvalue weighted by Crippen LogP contribution is 2.31. The highest BCUT2D eigenvalue weighted by molar-refractivity contribution is 5.77. The molecule has 0 saturated carbocycles. The number of carbonyl (C=O) groups is 1. The SMILES string of the molecule is Cc1cc(F)c(O)cc1C(C(=O)O)C(C)C. The lowest BCUT2D eigenvalue weighted by Crippen LogP contribution is -2.18. The van der Waals surface area contributed by atoms with E-state index in [1.165, 1.54) is 6.07 Å². The summed E-state index contributed by atoms with van der Waals surface area (Å²) in [5.41, 5.74) is 0.998. The average molecular weight is 226 g/mol. The van der Waals surface area contributed by atoms with Crippen molar-refractivity contribution in [3.63, 3.8) is 0 Å². The van der Waals surface area contributed by atoms with Gasteiger partial charge in [-0.3, -0.25) is 4.79 Å². The molecule has 0 aliphatic carbocycles. The van der Waals surface area contributed by atoms with Crippen LogP contribution < -0.4 is 0 Å². The van der Waals surface area contributed by atoms with Gasteiger partial charge in [0.05, 0.1) is 5.92 Å². The molecule has 0 heterocycles. The maximum absolute atomic E-state index is 13.0. The van der Waals surface area contributed by atoms with Crippen molar-refractivity contribution in [2.24, 2.45) is 5.92 Å². The third-order valence-corrected chi connectivity index (χ3v) is 2.60. The number of hydrogen-bond donors (Lipinski definition) is 2. The number of carboxylic acid groups (broad SMARTS) is 1. The van der Waals surface area contributed by atoms with Gasteiger partial charge in [-0.25, -0.2) is 4.39 Å². The summed E-state index contributed by atoms with van der Waals surface area (Å²) < 4.78 is 13.0. The number of aromatic hydroxyl groups is 1. The van der Waals surface area contributed by atoms with E-state index in [1.807, 2.05) is 0 Å². The van der Waals surface area contributed by atoms with E-state index in [2.05, 4.69) is 0 Å². The zero-order chi connectivity index (χ0) is 12.5. The summed E-state index contributed by atoms with van der Waals surface area (Å²) in [6.45, 7) is 5.19. The molecular formula is C12H15FO3. The molecule has 1 rings (SSSR count). The molecule has 0 amide bonds. The summed E-state index contributed by atoms with van der Waals surface area (Å²) in [7, 11) is 0. The van der Waals surface area contributed by atoms with Gasteiger partial charge in [0.2, 0.25) is 0 Å². The third kappa shape index (κ3) is 2.32. The first-order valence-corrected chi connectivity index (χ1v) is 5.06. The summed E-state index contributed by atoms with van der Waals surface area (Å²) in [6, 6.07) is 2.35. The average Bonchev–Trinajstić information content (AvgIpc) is 2.12. The van der Waals surface area contributed by atoms with Crippen LogP contribution in [0, 0.1) is 18.7 Å². The first-order valence-electron chi connectivity index (χ1n) is 5.06. The van der Waals surface area contributed by atoms with Crippen LogP contribution in [0.5, 0.6) is 5.75 Å². The second-order valence-electron chi connectivity index (χ2n) is 4.22. The van der Waals surface area contributed by atoms with E-state index in [9.17, 15) is 14.3 Å². The second-order valence-corrected chi connectivity index (χ2v) is 4.22. The molecule has 0 bridgehead atoms. The van der Waals surface area contributed by atoms with Crippen molar-refractivity contribution in [2.75, 3.05) is 0 Å². The molecule has 0 spiro atoms. The minimum Gasteiger partial charge on any atom is -0.505 e. The fourth-order valence-electron chi connectivity index (χ4n) is 1.79. The zero-order valence-electron chi connectivity index (χ0n) is 9.49. The summed E-state index contributed by atoms with van der Waals surface area (Å²) in [6.07, 6.45) is 0. The lowest BCUT2D eigenvalue weighted by molar-refractivity contribution is -0.139. The lowest BCUT2D eigenvalue weighted by Gasteiger charge is -2.19. The molecule has 0 saturated heterocycles. The Hall–Kier alpha value is -1.58. The van der Waals surface area contributed by atoms with E-state index in [1.54, 1.807) is 20.8 Å². The molecule has 4 heteroatoms. The van der Waals surface area contributed by atoms with E-state index >= 15 is 0 Å². The minimum atomic E-state index is -0.968. The number of carboxylic acids is 1. The van der Waals surface area contributed by atoms with E-state index in [-0.39, 0.29) is 5.92 Å². The van der Waals surface area contributed by atoms with Crippen LogP contribution in [0.4, 0.5) is 4.39 Å². The fourth-order valence-corrected chi connectivity index (χ4v) is 1.79. The highest BCUT2D eigenvalue weighted by atomic mass is 19.1. The Morgan fingerprint density at radius 3 is 2.38 bits per heavy atom. The number of benzene rings is 1. The van der Waals surface area contributed by atoms with Gasteiger partial charge in [0.15, 0.2) is 11.6 Å². The normalized spacial score (nSPS) is 12.8. The van der Waals surface area contributed by atoms with Crippen molar-refractivity contribution in [3.8, 4) is 5.75 Å². The Morgan fingerprint density at radius 1 is 1.38 bits per heavy atom. The molecule has 0 aliphatic heterocycles. The quantitative estimate of drug-likeness (QED) is 0.833. The molecule has 0 aromatic heterocycles. The molecule has 1 aromatic carbocycles. The van der Waals surface area contributed by atoms with Gasteiger partial charge in [0.25, 0.3) is 0 Å². The molecule has 2 N–H and O–H groups in total. The van der Waals surface area contributed by atoms with Crippen LogP contribution in [-0.4, -0.2) is 16.2 Å². The highest BCUT2D eigenvalue weighted by Gasteiger charge is 2.26. The summed E-state index contributed by atoms with van der Waals surface area (Å²) in [5.74, 6) is -3.06. The molecule has 3 nitrogen and oxygen atoms in total. The molecule has 88 valence electrons. The van der Waals surface area contributed by atoms with Crippen LogP contribution in [0.25, 0.3) is 0 Å². The summed E-state index contributed by atoms with van der Waals surface area (Å²) in [5, 5.41) is 18.4. The van der Waals surface area contributed by atoms with Crippen LogP contribution in [0.1, 0.15) is 30.9 Å². The van der Waals surface area contributed by atoms with E-state index in [4.69, 9.17) is 5.11 Å². The predicted molar refractivity (Wildman–Crippen MR) is 58.0 cm³/mol. The molecule has 16 heavy (non-hydrogen) atoms. The molecule has 1 unspecified atom stereocenters. The first kappa shape index (κ1) is 12.5. The maximum Gasteiger partial charge on any atom is 0.311 e. The van der Waals surface area contributed by atoms with Crippen molar-refractivity contribution >= 4 is 5.97 Å². The molecule has 0 aliphatic rings. The largest absolute Gasteiger partial charge is 0.505 e. The Balaban J connectivity index is 3.30. The summed E-state index contributed by atoms with van der Waals surface area (Å²) in [4.78, 5) is 11.1. The Kier molecular flexibility index (Phi) is 3.52. The van der Waals surface area contributed by atoms with Gasteiger partial charge in [0, 0.05) is 0 Å². The van der Waals surface area contributed by atoms with Crippen molar-refractivity contribution in [1.29, 1.82) is 0 Å². The van der Waals surface area contributed by atoms with Crippen molar-refractivity contribution in [3.05, 3.63) is 29.1 Å². The topological polar surface area (TPSA) is 57.5 Å². The van der Waals surface area contributed by atoms with Gasteiger partial charge in [-0.2, -0.15) is 0 Å². The maximum atomic E-state index is 13.0. The minimum absolute atomic E-state index is 0.124. The number of rotatable bonds is 3. The Morgan fingerprint density at radius 2 is 1.94 bits per heavy atom. The van der Waals surface area contributed by atoms with Gasteiger partial charge in [-0.05, 0) is 36.1 Å². The predicted octanol–water partition coefficient (Wildman–Crippen LogP) is 2.66. The van der Waals surface area contributed by atoms with Gasteiger partial charge in [-0.1, -0.05) is 13.8 Å². The van der Waals surface area contributed by atoms with Crippen molar-refractivity contribution in [2.45, 2.75) is 26.7 Å². The Bertz CT molecular complexity index is 413. The van der Waals surface area contributed by atoms with Crippen LogP contribution in [0.15, 0.2) is 12.1 Å². The van der Waals surface area contributed by atoms with Crippen LogP contribution in [-0.2, 0) is 4.79 Å². The monoisotopic (exact) mass is 226 g/mol. The number of aryl methyl sites for hydroxylation is 1. The molecule has 1 atom stereocenters. The van der Waals surface area contributed by atoms with Crippen molar-refractivity contribution in [1.82, 2.24) is 0 Å². The van der Waals surface area contributed by atoms with Gasteiger partial charge in [0.1, 0.15) is 0 Å². The van der Waals surface area contributed by atoms with E-state index in [0.29, 0.717) is 11.1 Å². The number of phenols is 1. The smallest absolute Gasteiger partial charge is 0.311 e. The number of phenolic OH excluding ortho intramolecular Hbond substituents is 1. The molecule has 0 fully saturated rings. The molecular weight excluding hydrogens is 211 g/mol. The fraction of sp³-hybridized carbons (Fsp3) is 0.417. The second kappa shape index (κ2) is 4.51. The zero-order valence-corrected chi connectivity index (χ0v) is 9.49. The Labute approximate surface area is 93.5 Å². The van der Waals surface area contributed by atoms with Crippen LogP contribution in [0.2, 0.25) is 0 Å². The first-order chi connectivity index (χ1) is 7.34. The number of aliphatic carboxylic acids is 1. The van der Waals surface area contributed by atoms with Crippen LogP contribution in [0.3, 0.4) is 0 Å². The van der Waals surface area contributed by atoms with E-state index in [0.717, 1.165) is 6.07 Å². The number of halogens is 1. The van der Waals surface area contributed by atoms with Crippen LogP contribution >= 0.6 is 0 Å². The van der Waals surface area contributed by atoms with E-state index < -0.39 is 23.5 Å². The number of hydrogen-bond acceptors (Lipinski definition) is 2. The van der Waals surface area contributed by atoms with Crippen molar-refractivity contribution < 1.29 is 19.4 Å². The van der Waals surface area contributed by atoms with Gasteiger partial charge < -0.3 is 10.2 Å². The van der Waals surface area contributed by atoms with Gasteiger partial charge in [-0.15, -0.1) is 0 Å². The lowest BCUT2D eigenvalue weighted by atomic mass is 9.86. The van der Waals surface area contributed by atoms with Gasteiger partial charge >= 0.3 is 5.97 Å². The molecule has 1 aromatic rings. The molecule has 0 radical (unpaired) electrons. The standard InChI is InChI=1S/C12H15FO3/c1-6(2)11(12(15)16)8-5-10(14)9(13)4-7(8)3/h4-6,11,14H,1-3H3,(H,15,16).